The number of ketones is 1. The number of Topliss-reactive ketones (excluding diaryl/α,β-unsaturated/α-hetero) is 1. The molecule has 1 aliphatic rings. The molecule has 6 nitrogen and oxygen atoms in total. The molecule has 1 aliphatic heterocycles. The largest absolute Gasteiger partial charge is 0.480 e. The number of carbonyl (C=O) groups excluding carboxylic acids is 2. The zero-order chi connectivity index (χ0) is 15.0. The van der Waals surface area contributed by atoms with Crippen LogP contribution in [-0.2, 0) is 20.4 Å². The number of anilines is 1. The van der Waals surface area contributed by atoms with Crippen LogP contribution in [0.2, 0.25) is 0 Å². The molecule has 0 saturated heterocycles. The van der Waals surface area contributed by atoms with E-state index in [1.807, 2.05) is 0 Å². The van der Waals surface area contributed by atoms with Gasteiger partial charge in [0.05, 0.1) is 21.4 Å². The Kier molecular flexibility index (Phi) is 3.71. The van der Waals surface area contributed by atoms with E-state index in [1.54, 1.807) is 0 Å². The Morgan fingerprint density at radius 2 is 2.05 bits per heavy atom. The van der Waals surface area contributed by atoms with E-state index in [4.69, 9.17) is 5.11 Å². The minimum absolute atomic E-state index is 0.181. The molecule has 0 aliphatic carbocycles. The predicted molar refractivity (Wildman–Crippen MR) is 72.3 cm³/mol. The quantitative estimate of drug-likeness (QED) is 0.833. The smallest absolute Gasteiger partial charge is 0.323 e. The summed E-state index contributed by atoms with van der Waals surface area (Å²) in [6.07, 6.45) is 0. The average Bonchev–Trinajstić information content (AvgIpc) is 2.40. The maximum Gasteiger partial charge on any atom is 0.323 e. The van der Waals surface area contributed by atoms with Gasteiger partial charge in [-0.25, -0.2) is 0 Å². The summed E-state index contributed by atoms with van der Waals surface area (Å²) in [6, 6.07) is 4.43. The highest BCUT2D eigenvalue weighted by atomic mass is 32.2. The van der Waals surface area contributed by atoms with Crippen LogP contribution < -0.4 is 4.90 Å². The van der Waals surface area contributed by atoms with Gasteiger partial charge in [-0.15, -0.1) is 0 Å². The first-order chi connectivity index (χ1) is 9.32. The Hall–Kier alpha value is -2.02. The third-order valence-corrected chi connectivity index (χ3v) is 4.71. The van der Waals surface area contributed by atoms with Crippen molar-refractivity contribution in [3.63, 3.8) is 0 Å². The first kappa shape index (κ1) is 14.4. The fourth-order valence-corrected chi connectivity index (χ4v) is 3.35. The van der Waals surface area contributed by atoms with Gasteiger partial charge in [0.2, 0.25) is 5.91 Å². The second-order valence-corrected chi connectivity index (χ2v) is 6.24. The zero-order valence-corrected chi connectivity index (χ0v) is 11.8. The maximum atomic E-state index is 12.2. The molecule has 20 heavy (non-hydrogen) atoms. The van der Waals surface area contributed by atoms with E-state index in [9.17, 15) is 18.6 Å². The lowest BCUT2D eigenvalue weighted by Gasteiger charge is -2.31. The van der Waals surface area contributed by atoms with Gasteiger partial charge in [-0.1, -0.05) is 0 Å². The van der Waals surface area contributed by atoms with Gasteiger partial charge in [-0.2, -0.15) is 0 Å². The molecule has 1 aromatic carbocycles. The number of rotatable bonds is 3. The summed E-state index contributed by atoms with van der Waals surface area (Å²) in [5.74, 6) is -1.83. The minimum Gasteiger partial charge on any atom is -0.480 e. The standard InChI is InChI=1S/C13H13NO5S/c1-7(15)9-3-4-10-11(5-9)20(19)8(2)13(18)14(10)6-12(16)17/h3-5,8H,6H2,1-2H3,(H,16,17). The summed E-state index contributed by atoms with van der Waals surface area (Å²) in [4.78, 5) is 35.7. The lowest BCUT2D eigenvalue weighted by atomic mass is 10.1. The summed E-state index contributed by atoms with van der Waals surface area (Å²) in [5, 5.41) is 8.05. The Morgan fingerprint density at radius 1 is 1.40 bits per heavy atom. The molecule has 1 N–H and O–H groups in total. The minimum atomic E-state index is -1.59. The number of nitrogens with zero attached hydrogens (tertiary/aromatic N) is 1. The normalized spacial score (nSPS) is 21.5. The Balaban J connectivity index is 2.58. The third kappa shape index (κ3) is 2.36. The molecule has 0 saturated carbocycles. The van der Waals surface area contributed by atoms with Crippen molar-refractivity contribution in [3.8, 4) is 0 Å². The van der Waals surface area contributed by atoms with E-state index in [2.05, 4.69) is 0 Å². The Bertz CT molecular complexity index is 640. The van der Waals surface area contributed by atoms with Gasteiger partial charge < -0.3 is 5.11 Å². The monoisotopic (exact) mass is 295 g/mol. The van der Waals surface area contributed by atoms with Crippen LogP contribution in [0.4, 0.5) is 5.69 Å². The highest BCUT2D eigenvalue weighted by Gasteiger charge is 2.36. The van der Waals surface area contributed by atoms with Crippen LogP contribution in [0.5, 0.6) is 0 Å². The predicted octanol–water partition coefficient (Wildman–Crippen LogP) is 0.817. The average molecular weight is 295 g/mol. The molecule has 1 heterocycles. The summed E-state index contributed by atoms with van der Waals surface area (Å²) in [5.41, 5.74) is 0.674. The highest BCUT2D eigenvalue weighted by Crippen LogP contribution is 2.32. The van der Waals surface area contributed by atoms with Gasteiger partial charge in [0.25, 0.3) is 0 Å². The lowest BCUT2D eigenvalue weighted by molar-refractivity contribution is -0.136. The molecule has 0 spiro atoms. The van der Waals surface area contributed by atoms with E-state index in [0.717, 1.165) is 4.90 Å². The fraction of sp³-hybridized carbons (Fsp3) is 0.308. The van der Waals surface area contributed by atoms with E-state index < -0.39 is 34.5 Å². The topological polar surface area (TPSA) is 91.8 Å². The van der Waals surface area contributed by atoms with Crippen LogP contribution in [0.15, 0.2) is 23.1 Å². The van der Waals surface area contributed by atoms with Gasteiger partial charge in [0.15, 0.2) is 5.78 Å². The second kappa shape index (κ2) is 5.16. The first-order valence-electron chi connectivity index (χ1n) is 5.91. The van der Waals surface area contributed by atoms with Crippen LogP contribution in [0.1, 0.15) is 24.2 Å². The van der Waals surface area contributed by atoms with E-state index in [1.165, 1.54) is 32.0 Å². The van der Waals surface area contributed by atoms with Crippen LogP contribution in [-0.4, -0.2) is 38.8 Å². The Labute approximate surface area is 117 Å². The molecule has 106 valence electrons. The molecule has 7 heteroatoms. The molecule has 0 fully saturated rings. The zero-order valence-electron chi connectivity index (χ0n) is 11.0. The number of carboxylic acid groups (broad SMARTS) is 1. The van der Waals surface area contributed by atoms with Crippen molar-refractivity contribution < 1.29 is 23.7 Å². The molecular formula is C13H13NO5S. The van der Waals surface area contributed by atoms with Crippen molar-refractivity contribution in [1.29, 1.82) is 0 Å². The van der Waals surface area contributed by atoms with Crippen molar-refractivity contribution in [2.24, 2.45) is 0 Å². The number of hydrogen-bond acceptors (Lipinski definition) is 4. The number of amides is 1. The van der Waals surface area contributed by atoms with Crippen LogP contribution in [0.3, 0.4) is 0 Å². The van der Waals surface area contributed by atoms with E-state index in [0.29, 0.717) is 16.1 Å². The summed E-state index contributed by atoms with van der Waals surface area (Å²) in [6.45, 7) is 2.38. The van der Waals surface area contributed by atoms with Crippen molar-refractivity contribution in [3.05, 3.63) is 23.8 Å². The van der Waals surface area contributed by atoms with Crippen molar-refractivity contribution in [2.45, 2.75) is 24.0 Å². The number of carboxylic acids is 1. The van der Waals surface area contributed by atoms with Crippen LogP contribution >= 0.6 is 0 Å². The fourth-order valence-electron chi connectivity index (χ4n) is 2.04. The number of hydrogen-bond donors (Lipinski definition) is 1. The SMILES string of the molecule is CC(=O)c1ccc2c(c1)S(=O)C(C)C(=O)N2CC(=O)O. The molecule has 1 aromatic rings. The molecule has 0 radical (unpaired) electrons. The molecule has 0 aromatic heterocycles. The number of benzene rings is 1. The molecular weight excluding hydrogens is 282 g/mol. The molecule has 2 atom stereocenters. The summed E-state index contributed by atoms with van der Waals surface area (Å²) in [7, 11) is -1.59. The highest BCUT2D eigenvalue weighted by molar-refractivity contribution is 7.86. The van der Waals surface area contributed by atoms with Gasteiger partial charge in [0.1, 0.15) is 11.8 Å². The molecule has 1 amide bonds. The summed E-state index contributed by atoms with van der Waals surface area (Å²) >= 11 is 0. The van der Waals surface area contributed by atoms with E-state index in [-0.39, 0.29) is 5.78 Å². The first-order valence-corrected chi connectivity index (χ1v) is 7.13. The van der Waals surface area contributed by atoms with Gasteiger partial charge in [-0.3, -0.25) is 23.5 Å². The lowest BCUT2D eigenvalue weighted by Crippen LogP contribution is -2.46. The van der Waals surface area contributed by atoms with Gasteiger partial charge in [0, 0.05) is 5.56 Å². The van der Waals surface area contributed by atoms with Gasteiger partial charge >= 0.3 is 5.97 Å². The molecule has 2 rings (SSSR count). The van der Waals surface area contributed by atoms with Crippen molar-refractivity contribution in [1.82, 2.24) is 0 Å². The maximum absolute atomic E-state index is 12.2. The molecule has 0 bridgehead atoms. The van der Waals surface area contributed by atoms with Crippen LogP contribution in [0, 0.1) is 0 Å². The number of aliphatic carboxylic acids is 1. The van der Waals surface area contributed by atoms with E-state index >= 15 is 0 Å². The molecule has 2 unspecified atom stereocenters. The van der Waals surface area contributed by atoms with Crippen molar-refractivity contribution >= 4 is 34.1 Å². The Morgan fingerprint density at radius 3 is 2.60 bits per heavy atom. The summed E-state index contributed by atoms with van der Waals surface area (Å²) < 4.78 is 12.2. The third-order valence-electron chi connectivity index (χ3n) is 3.10. The number of carbonyl (C=O) groups is 3. The van der Waals surface area contributed by atoms with Gasteiger partial charge in [-0.05, 0) is 32.0 Å². The van der Waals surface area contributed by atoms with Crippen molar-refractivity contribution in [2.75, 3.05) is 11.4 Å². The number of fused-ring (bicyclic) bond motifs is 1. The van der Waals surface area contributed by atoms with Crippen LogP contribution in [0.25, 0.3) is 0 Å². The second-order valence-electron chi connectivity index (χ2n) is 4.50.